The number of nitrogens with one attached hydrogen (secondary N) is 2. The second kappa shape index (κ2) is 9.83. The third kappa shape index (κ3) is 4.79. The van der Waals surface area contributed by atoms with Gasteiger partial charge >= 0.3 is 0 Å². The van der Waals surface area contributed by atoms with Gasteiger partial charge in [0.05, 0.1) is 29.2 Å². The van der Waals surface area contributed by atoms with E-state index in [1.54, 1.807) is 0 Å². The second-order valence-corrected chi connectivity index (χ2v) is 9.27. The first-order chi connectivity index (χ1) is 18.1. The molecule has 0 atom stereocenters. The van der Waals surface area contributed by atoms with E-state index >= 15 is 0 Å². The molecule has 0 unspecified atom stereocenters. The van der Waals surface area contributed by atoms with Crippen molar-refractivity contribution in [3.63, 3.8) is 0 Å². The quantitative estimate of drug-likeness (QED) is 0.378. The Labute approximate surface area is 215 Å². The van der Waals surface area contributed by atoms with E-state index in [1.807, 2.05) is 107 Å². The van der Waals surface area contributed by atoms with Crippen molar-refractivity contribution < 1.29 is 9.90 Å². The number of allylic oxidation sites excluding steroid dienone is 2. The molecule has 2 aliphatic rings. The minimum Gasteiger partial charge on any atom is -0.393 e. The summed E-state index contributed by atoms with van der Waals surface area (Å²) < 4.78 is 1.89. The normalized spacial score (nSPS) is 15.7. The number of nitrogens with zero attached hydrogens (tertiary/aromatic N) is 4. The van der Waals surface area contributed by atoms with Gasteiger partial charge in [-0.05, 0) is 91.7 Å². The highest BCUT2D eigenvalue weighted by atomic mass is 16.3. The summed E-state index contributed by atoms with van der Waals surface area (Å²) in [5.41, 5.74) is 8.50. The van der Waals surface area contributed by atoms with Crippen LogP contribution in [-0.2, 0) is 0 Å². The van der Waals surface area contributed by atoms with Gasteiger partial charge < -0.3 is 20.7 Å². The van der Waals surface area contributed by atoms with Crippen molar-refractivity contribution in [2.75, 3.05) is 28.3 Å². The van der Waals surface area contributed by atoms with Crippen LogP contribution in [0.5, 0.6) is 0 Å². The summed E-state index contributed by atoms with van der Waals surface area (Å²) in [6.07, 6.45) is 10.9. The van der Waals surface area contributed by atoms with Crippen LogP contribution < -0.4 is 20.7 Å². The minimum atomic E-state index is -0.205. The van der Waals surface area contributed by atoms with Gasteiger partial charge in [-0.2, -0.15) is 5.10 Å². The van der Waals surface area contributed by atoms with E-state index < -0.39 is 0 Å². The fourth-order valence-corrected chi connectivity index (χ4v) is 4.74. The summed E-state index contributed by atoms with van der Waals surface area (Å²) in [5, 5.41) is 20.2. The van der Waals surface area contributed by atoms with E-state index in [9.17, 15) is 9.90 Å². The van der Waals surface area contributed by atoms with Crippen LogP contribution in [0.2, 0.25) is 0 Å². The third-order valence-corrected chi connectivity index (χ3v) is 6.81. The minimum absolute atomic E-state index is 0.154. The van der Waals surface area contributed by atoms with Crippen LogP contribution in [0.15, 0.2) is 97.5 Å². The molecule has 2 aliphatic heterocycles. The Hall–Kier alpha value is -4.56. The lowest BCUT2D eigenvalue weighted by atomic mass is 10.1. The van der Waals surface area contributed by atoms with Crippen molar-refractivity contribution in [1.82, 2.24) is 15.2 Å². The Bertz CT molecular complexity index is 1460. The number of carbonyl (C=O) groups is 1. The van der Waals surface area contributed by atoms with Gasteiger partial charge in [-0.15, -0.1) is 0 Å². The Balaban J connectivity index is 1.14. The monoisotopic (exact) mass is 492 g/mol. The fourth-order valence-electron chi connectivity index (χ4n) is 4.74. The summed E-state index contributed by atoms with van der Waals surface area (Å²) in [7, 11) is 0. The summed E-state index contributed by atoms with van der Waals surface area (Å²) in [5.74, 6) is -0.154. The summed E-state index contributed by atoms with van der Waals surface area (Å²) in [6.45, 7) is 1.66. The van der Waals surface area contributed by atoms with Gasteiger partial charge in [-0.25, -0.2) is 4.68 Å². The highest BCUT2D eigenvalue weighted by Gasteiger charge is 2.17. The number of amides is 1. The molecule has 1 amide bonds. The van der Waals surface area contributed by atoms with Crippen molar-refractivity contribution in [2.45, 2.75) is 18.9 Å². The van der Waals surface area contributed by atoms with Gasteiger partial charge in [0.15, 0.2) is 0 Å². The number of hydrazine groups is 1. The molecule has 8 nitrogen and oxygen atoms in total. The maximum atomic E-state index is 12.9. The van der Waals surface area contributed by atoms with Crippen molar-refractivity contribution in [1.29, 1.82) is 0 Å². The second-order valence-electron chi connectivity index (χ2n) is 9.27. The molecule has 1 saturated heterocycles. The molecule has 0 bridgehead atoms. The Morgan fingerprint density at radius 1 is 0.919 bits per heavy atom. The maximum absolute atomic E-state index is 12.9. The molecule has 4 aromatic rings. The van der Waals surface area contributed by atoms with E-state index in [0.717, 1.165) is 59.6 Å². The van der Waals surface area contributed by atoms with Gasteiger partial charge in [0.2, 0.25) is 0 Å². The Morgan fingerprint density at radius 2 is 1.65 bits per heavy atom. The van der Waals surface area contributed by atoms with Crippen molar-refractivity contribution in [3.05, 3.63) is 103 Å². The number of rotatable bonds is 5. The smallest absolute Gasteiger partial charge is 0.255 e. The van der Waals surface area contributed by atoms with E-state index in [0.29, 0.717) is 5.56 Å². The molecular weight excluding hydrogens is 464 g/mol. The summed E-state index contributed by atoms with van der Waals surface area (Å²) in [6, 6.07) is 21.6. The molecule has 6 rings (SSSR count). The number of benzene rings is 3. The number of hydrogen-bond donors (Lipinski definition) is 3. The zero-order valence-electron chi connectivity index (χ0n) is 20.3. The first kappa shape index (κ1) is 22.9. The molecule has 1 aromatic heterocycles. The number of aliphatic hydroxyl groups excluding tert-OH is 1. The number of anilines is 3. The summed E-state index contributed by atoms with van der Waals surface area (Å²) in [4.78, 5) is 15.1. The molecular formula is C29H28N6O2. The lowest BCUT2D eigenvalue weighted by molar-refractivity contribution is 0.102. The van der Waals surface area contributed by atoms with Gasteiger partial charge in [-0.1, -0.05) is 0 Å². The highest BCUT2D eigenvalue weighted by Crippen LogP contribution is 2.25. The van der Waals surface area contributed by atoms with Crippen LogP contribution >= 0.6 is 0 Å². The number of fused-ring (bicyclic) bond motifs is 1. The zero-order valence-corrected chi connectivity index (χ0v) is 20.3. The van der Waals surface area contributed by atoms with E-state index in [-0.39, 0.29) is 12.0 Å². The van der Waals surface area contributed by atoms with Crippen LogP contribution in [0.3, 0.4) is 0 Å². The van der Waals surface area contributed by atoms with Gasteiger partial charge in [0, 0.05) is 47.8 Å². The van der Waals surface area contributed by atoms with Gasteiger partial charge in [0.25, 0.3) is 5.91 Å². The molecule has 186 valence electrons. The molecule has 3 heterocycles. The lowest BCUT2D eigenvalue weighted by Crippen LogP contribution is -2.35. The average Bonchev–Trinajstić information content (AvgIpc) is 3.37. The van der Waals surface area contributed by atoms with Crippen LogP contribution in [-0.4, -0.2) is 40.0 Å². The van der Waals surface area contributed by atoms with Crippen LogP contribution in [0, 0.1) is 0 Å². The van der Waals surface area contributed by atoms with E-state index in [2.05, 4.69) is 20.7 Å². The molecule has 3 N–H and O–H groups in total. The Kier molecular flexibility index (Phi) is 6.08. The average molecular weight is 493 g/mol. The number of hydrogen-bond acceptors (Lipinski definition) is 6. The van der Waals surface area contributed by atoms with Crippen molar-refractivity contribution in [2.24, 2.45) is 0 Å². The number of carbonyl (C=O) groups excluding carboxylic acids is 1. The maximum Gasteiger partial charge on any atom is 0.255 e. The van der Waals surface area contributed by atoms with E-state index in [1.165, 1.54) is 0 Å². The number of aromatic nitrogens is 2. The third-order valence-electron chi connectivity index (χ3n) is 6.81. The standard InChI is InChI=1S/C29H28N6O2/c36-27-13-17-33(18-14-27)24-6-3-21(4-7-24)29(37)32-23-5-12-28-22(19-23)20-31-35(28)26-10-8-25(9-11-26)34-16-2-1-15-30-34/h1-12,15-16,19-20,27,30,36H,13-14,17-18H2,(H,32,37). The molecule has 8 heteroatoms. The van der Waals surface area contributed by atoms with Gasteiger partial charge in [0.1, 0.15) is 0 Å². The first-order valence-corrected chi connectivity index (χ1v) is 12.5. The highest BCUT2D eigenvalue weighted by molar-refractivity contribution is 6.05. The van der Waals surface area contributed by atoms with E-state index in [4.69, 9.17) is 0 Å². The molecule has 0 saturated carbocycles. The number of aliphatic hydroxyl groups is 1. The van der Waals surface area contributed by atoms with Crippen LogP contribution in [0.4, 0.5) is 17.1 Å². The number of piperidine rings is 1. The lowest BCUT2D eigenvalue weighted by Gasteiger charge is -2.31. The SMILES string of the molecule is O=C(Nc1ccc2c(cnn2-c2ccc(N3C=CC=CN3)cc2)c1)c1ccc(N2CCC(O)CC2)cc1. The topological polar surface area (TPSA) is 85.7 Å². The molecule has 0 spiro atoms. The fraction of sp³-hybridized carbons (Fsp3) is 0.172. The molecule has 1 fully saturated rings. The van der Waals surface area contributed by atoms with Crippen molar-refractivity contribution in [3.8, 4) is 5.69 Å². The Morgan fingerprint density at radius 3 is 2.38 bits per heavy atom. The van der Waals surface area contributed by atoms with Crippen molar-refractivity contribution >= 4 is 33.9 Å². The largest absolute Gasteiger partial charge is 0.393 e. The molecule has 0 radical (unpaired) electrons. The summed E-state index contributed by atoms with van der Waals surface area (Å²) >= 11 is 0. The predicted molar refractivity (Wildman–Crippen MR) is 147 cm³/mol. The first-order valence-electron chi connectivity index (χ1n) is 12.5. The molecule has 0 aliphatic carbocycles. The predicted octanol–water partition coefficient (Wildman–Crippen LogP) is 4.59. The molecule has 3 aromatic carbocycles. The van der Waals surface area contributed by atoms with Gasteiger partial charge in [-0.3, -0.25) is 9.80 Å². The zero-order chi connectivity index (χ0) is 25.2. The van der Waals surface area contributed by atoms with Crippen LogP contribution in [0.1, 0.15) is 23.2 Å². The molecule has 37 heavy (non-hydrogen) atoms. The van der Waals surface area contributed by atoms with Crippen LogP contribution in [0.25, 0.3) is 16.6 Å².